The first-order valence-corrected chi connectivity index (χ1v) is 9.98. The molecule has 0 aliphatic heterocycles. The van der Waals surface area contributed by atoms with Crippen LogP contribution in [-0.4, -0.2) is 29.5 Å². The monoisotopic (exact) mass is 371 g/mol. The number of amides is 1. The fourth-order valence-electron chi connectivity index (χ4n) is 3.19. The van der Waals surface area contributed by atoms with E-state index in [1.54, 1.807) is 11.8 Å². The molecule has 26 heavy (non-hydrogen) atoms. The highest BCUT2D eigenvalue weighted by molar-refractivity contribution is 7.99. The van der Waals surface area contributed by atoms with Crippen LogP contribution in [0, 0.1) is 0 Å². The number of carbonyl (C=O) groups excluding carboxylic acids is 1. The number of aliphatic hydroxyl groups excluding tert-OH is 1. The van der Waals surface area contributed by atoms with E-state index in [9.17, 15) is 9.90 Å². The van der Waals surface area contributed by atoms with Crippen LogP contribution in [0.5, 0.6) is 0 Å². The minimum atomic E-state index is -0.510. The Kier molecular flexibility index (Phi) is 6.72. The second-order valence-electron chi connectivity index (χ2n) is 6.58. The van der Waals surface area contributed by atoms with Gasteiger partial charge in [-0.25, -0.2) is 0 Å². The van der Waals surface area contributed by atoms with Gasteiger partial charge in [-0.3, -0.25) is 4.79 Å². The second-order valence-corrected chi connectivity index (χ2v) is 7.68. The van der Waals surface area contributed by atoms with E-state index in [1.807, 2.05) is 24.3 Å². The number of nitrogens with one attached hydrogen (secondary N) is 1. The minimum Gasteiger partial charge on any atom is -0.390 e. The van der Waals surface area contributed by atoms with E-state index in [0.29, 0.717) is 12.4 Å². The molecular weight excluding hydrogens is 346 g/mol. The molecule has 0 aromatic heterocycles. The Morgan fingerprint density at radius 2 is 2.04 bits per heavy atom. The van der Waals surface area contributed by atoms with E-state index in [4.69, 9.17) is 4.74 Å². The molecule has 0 unspecified atom stereocenters. The summed E-state index contributed by atoms with van der Waals surface area (Å²) in [5.74, 6) is 0.496. The van der Waals surface area contributed by atoms with Gasteiger partial charge < -0.3 is 15.2 Å². The van der Waals surface area contributed by atoms with E-state index in [-0.39, 0.29) is 12.0 Å². The van der Waals surface area contributed by atoms with Crippen molar-refractivity contribution >= 4 is 23.4 Å². The van der Waals surface area contributed by atoms with Gasteiger partial charge in [0.1, 0.15) is 0 Å². The number of anilines is 1. The van der Waals surface area contributed by atoms with Crippen molar-refractivity contribution < 1.29 is 14.6 Å². The molecule has 2 N–H and O–H groups in total. The quantitative estimate of drug-likeness (QED) is 0.717. The lowest BCUT2D eigenvalue weighted by Gasteiger charge is -2.26. The Labute approximate surface area is 159 Å². The summed E-state index contributed by atoms with van der Waals surface area (Å²) in [6.45, 7) is 1.83. The number of carbonyl (C=O) groups is 1. The number of hydrogen-bond donors (Lipinski definition) is 2. The predicted molar refractivity (Wildman–Crippen MR) is 106 cm³/mol. The molecule has 2 atom stereocenters. The third kappa shape index (κ3) is 5.34. The number of ether oxygens (including phenoxy) is 1. The molecule has 1 aliphatic carbocycles. The van der Waals surface area contributed by atoms with Gasteiger partial charge >= 0.3 is 0 Å². The third-order valence-corrected chi connectivity index (χ3v) is 5.58. The van der Waals surface area contributed by atoms with Gasteiger partial charge in [0.15, 0.2) is 0 Å². The molecule has 5 heteroatoms. The minimum absolute atomic E-state index is 0.0812. The summed E-state index contributed by atoms with van der Waals surface area (Å²) in [7, 11) is 0. The molecule has 0 fully saturated rings. The topological polar surface area (TPSA) is 58.6 Å². The summed E-state index contributed by atoms with van der Waals surface area (Å²) < 4.78 is 6.01. The summed E-state index contributed by atoms with van der Waals surface area (Å²) in [4.78, 5) is 12.1. The van der Waals surface area contributed by atoms with Crippen LogP contribution < -0.4 is 5.32 Å². The van der Waals surface area contributed by atoms with E-state index >= 15 is 0 Å². The largest absolute Gasteiger partial charge is 0.390 e. The van der Waals surface area contributed by atoms with Crippen molar-refractivity contribution in [3.05, 3.63) is 59.7 Å². The Balaban J connectivity index is 1.45. The van der Waals surface area contributed by atoms with Crippen LogP contribution in [-0.2, 0) is 16.0 Å². The van der Waals surface area contributed by atoms with E-state index in [1.165, 1.54) is 18.1 Å². The SMILES string of the molecule is CC(=O)Nc1ccc(SC[C@@H](O)CO[C@@H]2CCCc3ccccc32)cc1. The van der Waals surface area contributed by atoms with Gasteiger partial charge in [0.2, 0.25) is 5.91 Å². The Morgan fingerprint density at radius 1 is 1.27 bits per heavy atom. The third-order valence-electron chi connectivity index (χ3n) is 4.42. The Morgan fingerprint density at radius 3 is 2.81 bits per heavy atom. The van der Waals surface area contributed by atoms with E-state index in [2.05, 4.69) is 29.6 Å². The average molecular weight is 372 g/mol. The fraction of sp³-hybridized carbons (Fsp3) is 0.381. The number of hydrogen-bond acceptors (Lipinski definition) is 4. The molecule has 4 nitrogen and oxygen atoms in total. The van der Waals surface area contributed by atoms with Gasteiger partial charge in [0.05, 0.1) is 18.8 Å². The molecule has 3 rings (SSSR count). The zero-order valence-electron chi connectivity index (χ0n) is 15.0. The van der Waals surface area contributed by atoms with Crippen LogP contribution in [0.25, 0.3) is 0 Å². The average Bonchev–Trinajstić information content (AvgIpc) is 2.65. The second kappa shape index (κ2) is 9.21. The Bertz CT molecular complexity index is 732. The maximum atomic E-state index is 11.0. The molecular formula is C21H25NO3S. The molecule has 0 heterocycles. The summed E-state index contributed by atoms with van der Waals surface area (Å²) in [5, 5.41) is 13.0. The summed E-state index contributed by atoms with van der Waals surface area (Å²) in [6, 6.07) is 16.1. The molecule has 2 aromatic rings. The van der Waals surface area contributed by atoms with Crippen molar-refractivity contribution in [2.24, 2.45) is 0 Å². The van der Waals surface area contributed by atoms with E-state index < -0.39 is 6.10 Å². The fourth-order valence-corrected chi connectivity index (χ4v) is 4.00. The summed E-state index contributed by atoms with van der Waals surface area (Å²) >= 11 is 1.59. The molecule has 0 spiro atoms. The number of thioether (sulfide) groups is 1. The van der Waals surface area contributed by atoms with Crippen LogP contribution in [0.3, 0.4) is 0 Å². The van der Waals surface area contributed by atoms with Gasteiger partial charge in [-0.15, -0.1) is 11.8 Å². The van der Waals surface area contributed by atoms with Crippen molar-refractivity contribution in [2.45, 2.75) is 43.3 Å². The van der Waals surface area contributed by atoms with Crippen molar-refractivity contribution in [3.63, 3.8) is 0 Å². The number of rotatable bonds is 7. The van der Waals surface area contributed by atoms with E-state index in [0.717, 1.165) is 29.8 Å². The Hall–Kier alpha value is -1.82. The zero-order chi connectivity index (χ0) is 18.4. The number of aliphatic hydroxyl groups is 1. The molecule has 138 valence electrons. The highest BCUT2D eigenvalue weighted by Crippen LogP contribution is 2.32. The smallest absolute Gasteiger partial charge is 0.221 e. The van der Waals surface area contributed by atoms with Crippen LogP contribution in [0.2, 0.25) is 0 Å². The van der Waals surface area contributed by atoms with Crippen molar-refractivity contribution in [1.82, 2.24) is 0 Å². The van der Waals surface area contributed by atoms with Crippen molar-refractivity contribution in [3.8, 4) is 0 Å². The van der Waals surface area contributed by atoms with Crippen LogP contribution in [0.4, 0.5) is 5.69 Å². The van der Waals surface area contributed by atoms with Gasteiger partial charge in [-0.2, -0.15) is 0 Å². The molecule has 1 amide bonds. The molecule has 1 aliphatic rings. The first-order chi connectivity index (χ1) is 12.6. The lowest BCUT2D eigenvalue weighted by atomic mass is 9.89. The molecule has 0 radical (unpaired) electrons. The first kappa shape index (κ1) is 19.0. The zero-order valence-corrected chi connectivity index (χ0v) is 15.8. The first-order valence-electron chi connectivity index (χ1n) is 9.00. The lowest BCUT2D eigenvalue weighted by molar-refractivity contribution is -0.114. The van der Waals surface area contributed by atoms with Gasteiger partial charge in [-0.1, -0.05) is 24.3 Å². The van der Waals surface area contributed by atoms with Gasteiger partial charge in [0, 0.05) is 23.3 Å². The normalized spacial score (nSPS) is 17.4. The van der Waals surface area contributed by atoms with Crippen LogP contribution in [0.1, 0.15) is 37.0 Å². The molecule has 0 saturated carbocycles. The standard InChI is InChI=1S/C21H25NO3S/c1-15(23)22-17-9-11-19(12-10-17)26-14-18(24)13-25-21-8-4-6-16-5-2-3-7-20(16)21/h2-3,5,7,9-12,18,21,24H,4,6,8,13-14H2,1H3,(H,22,23)/t18-,21+/m0/s1. The van der Waals surface area contributed by atoms with Gasteiger partial charge in [0.25, 0.3) is 0 Å². The number of fused-ring (bicyclic) bond motifs is 1. The van der Waals surface area contributed by atoms with Crippen LogP contribution in [0.15, 0.2) is 53.4 Å². The molecule has 0 bridgehead atoms. The van der Waals surface area contributed by atoms with Crippen LogP contribution >= 0.6 is 11.8 Å². The maximum Gasteiger partial charge on any atom is 0.221 e. The van der Waals surface area contributed by atoms with Crippen molar-refractivity contribution in [2.75, 3.05) is 17.7 Å². The molecule has 2 aromatic carbocycles. The highest BCUT2D eigenvalue weighted by Gasteiger charge is 2.21. The summed E-state index contributed by atoms with van der Waals surface area (Å²) in [6.07, 6.45) is 2.85. The molecule has 0 saturated heterocycles. The van der Waals surface area contributed by atoms with Crippen molar-refractivity contribution in [1.29, 1.82) is 0 Å². The highest BCUT2D eigenvalue weighted by atomic mass is 32.2. The maximum absolute atomic E-state index is 11.0. The lowest BCUT2D eigenvalue weighted by Crippen LogP contribution is -2.22. The predicted octanol–water partition coefficient (Wildman–Crippen LogP) is 4.19. The summed E-state index contributed by atoms with van der Waals surface area (Å²) in [5.41, 5.74) is 3.42. The number of benzene rings is 2. The van der Waals surface area contributed by atoms with Gasteiger partial charge in [-0.05, 0) is 54.7 Å². The number of aryl methyl sites for hydroxylation is 1.